The van der Waals surface area contributed by atoms with Gasteiger partial charge in [-0.05, 0) is 18.6 Å². The Bertz CT molecular complexity index is 331. The Kier molecular flexibility index (Phi) is 6.59. The van der Waals surface area contributed by atoms with Gasteiger partial charge in [-0.25, -0.2) is 0 Å². The van der Waals surface area contributed by atoms with Crippen molar-refractivity contribution in [3.63, 3.8) is 0 Å². The van der Waals surface area contributed by atoms with E-state index in [1.54, 1.807) is 0 Å². The lowest BCUT2D eigenvalue weighted by atomic mass is 10.2. The van der Waals surface area contributed by atoms with Crippen molar-refractivity contribution in [3.8, 4) is 0 Å². The second-order valence-electron chi connectivity index (χ2n) is 3.59. The number of fused-ring (bicyclic) bond motifs is 1. The van der Waals surface area contributed by atoms with Crippen LogP contribution in [-0.4, -0.2) is 10.9 Å². The van der Waals surface area contributed by atoms with Crippen LogP contribution in [0.5, 0.6) is 0 Å². The lowest BCUT2D eigenvalue weighted by Gasteiger charge is -1.91. The number of benzene rings is 1. The summed E-state index contributed by atoms with van der Waals surface area (Å²) in [7, 11) is 0. The van der Waals surface area contributed by atoms with Gasteiger partial charge in [0.05, 0.1) is 5.52 Å². The average Bonchev–Trinajstić information content (AvgIpc) is 2.37. The van der Waals surface area contributed by atoms with Gasteiger partial charge in [-0.3, -0.25) is 4.98 Å². The van der Waals surface area contributed by atoms with Crippen molar-refractivity contribution < 1.29 is 0 Å². The Morgan fingerprint density at radius 1 is 1.06 bits per heavy atom. The van der Waals surface area contributed by atoms with Crippen LogP contribution in [0.1, 0.15) is 26.2 Å². The average molecular weight is 236 g/mol. The largest absolute Gasteiger partial charge is 0.256 e. The second-order valence-corrected chi connectivity index (χ2v) is 3.97. The Morgan fingerprint density at radius 2 is 1.81 bits per heavy atom. The van der Waals surface area contributed by atoms with Gasteiger partial charge < -0.3 is 0 Å². The number of para-hydroxylation sites is 1. The van der Waals surface area contributed by atoms with Crippen LogP contribution in [0.15, 0.2) is 42.6 Å². The molecule has 0 aliphatic rings. The number of halogens is 1. The molecule has 2 aromatic rings. The third-order valence-electron chi connectivity index (χ3n) is 2.25. The first-order valence-corrected chi connectivity index (χ1v) is 6.27. The van der Waals surface area contributed by atoms with Crippen LogP contribution in [0.25, 0.3) is 10.9 Å². The number of hydrogen-bond donors (Lipinski definition) is 0. The van der Waals surface area contributed by atoms with Crippen LogP contribution in [0.2, 0.25) is 0 Å². The van der Waals surface area contributed by atoms with Crippen molar-refractivity contribution in [1.29, 1.82) is 0 Å². The Labute approximate surface area is 102 Å². The van der Waals surface area contributed by atoms with E-state index >= 15 is 0 Å². The van der Waals surface area contributed by atoms with Crippen LogP contribution < -0.4 is 0 Å². The molecular weight excluding hydrogens is 218 g/mol. The summed E-state index contributed by atoms with van der Waals surface area (Å²) >= 11 is 5.38. The minimum atomic E-state index is 0.827. The van der Waals surface area contributed by atoms with Crippen LogP contribution in [0, 0.1) is 0 Å². The molecule has 2 rings (SSSR count). The number of nitrogens with zero attached hydrogens (tertiary/aromatic N) is 1. The number of unbranched alkanes of at least 4 members (excludes halogenated alkanes) is 2. The van der Waals surface area contributed by atoms with Crippen LogP contribution >= 0.6 is 11.6 Å². The predicted octanol–water partition coefficient (Wildman–Crippen LogP) is 4.65. The van der Waals surface area contributed by atoms with E-state index < -0.39 is 0 Å². The molecule has 0 spiro atoms. The first kappa shape index (κ1) is 13.0. The minimum absolute atomic E-state index is 0.827. The highest BCUT2D eigenvalue weighted by Crippen LogP contribution is 2.07. The topological polar surface area (TPSA) is 12.9 Å². The van der Waals surface area contributed by atoms with Gasteiger partial charge in [0.2, 0.25) is 0 Å². The first-order valence-electron chi connectivity index (χ1n) is 5.74. The summed E-state index contributed by atoms with van der Waals surface area (Å²) < 4.78 is 0. The zero-order valence-corrected chi connectivity index (χ0v) is 10.5. The zero-order valence-electron chi connectivity index (χ0n) is 9.70. The molecule has 86 valence electrons. The fourth-order valence-corrected chi connectivity index (χ4v) is 1.55. The van der Waals surface area contributed by atoms with Crippen molar-refractivity contribution in [2.45, 2.75) is 26.2 Å². The van der Waals surface area contributed by atoms with Crippen LogP contribution in [-0.2, 0) is 0 Å². The summed E-state index contributed by atoms with van der Waals surface area (Å²) in [6, 6.07) is 12.1. The Balaban J connectivity index is 0.000000187. The molecule has 0 fully saturated rings. The summed E-state index contributed by atoms with van der Waals surface area (Å²) in [6.45, 7) is 2.17. The fraction of sp³-hybridized carbons (Fsp3) is 0.357. The molecule has 0 saturated carbocycles. The van der Waals surface area contributed by atoms with Gasteiger partial charge in [-0.15, -0.1) is 11.6 Å². The van der Waals surface area contributed by atoms with E-state index in [2.05, 4.69) is 24.0 Å². The molecule has 0 N–H and O–H groups in total. The molecule has 0 unspecified atom stereocenters. The molecule has 1 nitrogen and oxygen atoms in total. The van der Waals surface area contributed by atoms with Gasteiger partial charge in [-0.1, -0.05) is 44.0 Å². The maximum atomic E-state index is 5.38. The third-order valence-corrected chi connectivity index (χ3v) is 2.52. The molecule has 0 amide bonds. The van der Waals surface area contributed by atoms with Gasteiger partial charge >= 0.3 is 0 Å². The van der Waals surface area contributed by atoms with Crippen molar-refractivity contribution >= 4 is 22.5 Å². The standard InChI is InChI=1S/C9H7N.C5H11Cl/c1-2-6-9-8(4-1)5-3-7-10-9;1-2-3-4-5-6/h1-7H;2-5H2,1H3. The highest BCUT2D eigenvalue weighted by molar-refractivity contribution is 6.17. The van der Waals surface area contributed by atoms with Crippen molar-refractivity contribution in [2.75, 3.05) is 5.88 Å². The van der Waals surface area contributed by atoms with Crippen LogP contribution in [0.4, 0.5) is 0 Å². The monoisotopic (exact) mass is 235 g/mol. The zero-order chi connectivity index (χ0) is 11.6. The van der Waals surface area contributed by atoms with E-state index in [1.807, 2.05) is 30.5 Å². The molecule has 1 heterocycles. The number of pyridine rings is 1. The normalized spacial score (nSPS) is 9.62. The van der Waals surface area contributed by atoms with Gasteiger partial charge in [0.1, 0.15) is 0 Å². The van der Waals surface area contributed by atoms with E-state index in [9.17, 15) is 0 Å². The highest BCUT2D eigenvalue weighted by atomic mass is 35.5. The third kappa shape index (κ3) is 4.63. The number of hydrogen-bond acceptors (Lipinski definition) is 1. The Morgan fingerprint density at radius 3 is 2.44 bits per heavy atom. The lowest BCUT2D eigenvalue weighted by molar-refractivity contribution is 0.776. The lowest BCUT2D eigenvalue weighted by Crippen LogP contribution is -1.73. The van der Waals surface area contributed by atoms with Crippen molar-refractivity contribution in [3.05, 3.63) is 42.6 Å². The smallest absolute Gasteiger partial charge is 0.0701 e. The molecule has 0 atom stereocenters. The van der Waals surface area contributed by atoms with Crippen molar-refractivity contribution in [2.24, 2.45) is 0 Å². The van der Waals surface area contributed by atoms with Gasteiger partial charge in [-0.2, -0.15) is 0 Å². The molecular formula is C14H18ClN. The molecule has 0 radical (unpaired) electrons. The van der Waals surface area contributed by atoms with E-state index in [0.29, 0.717) is 0 Å². The summed E-state index contributed by atoms with van der Waals surface area (Å²) in [4.78, 5) is 4.18. The number of aromatic nitrogens is 1. The fourth-order valence-electron chi connectivity index (χ4n) is 1.36. The molecule has 0 aliphatic carbocycles. The van der Waals surface area contributed by atoms with E-state index in [-0.39, 0.29) is 0 Å². The molecule has 2 heteroatoms. The van der Waals surface area contributed by atoms with Crippen LogP contribution in [0.3, 0.4) is 0 Å². The predicted molar refractivity (Wildman–Crippen MR) is 72.0 cm³/mol. The summed E-state index contributed by atoms with van der Waals surface area (Å²) in [6.07, 6.45) is 5.54. The molecule has 0 bridgehead atoms. The minimum Gasteiger partial charge on any atom is -0.256 e. The van der Waals surface area contributed by atoms with Gasteiger partial charge in [0.15, 0.2) is 0 Å². The molecule has 1 aromatic heterocycles. The summed E-state index contributed by atoms with van der Waals surface area (Å²) in [5.74, 6) is 0.827. The van der Waals surface area contributed by atoms with E-state index in [0.717, 1.165) is 11.4 Å². The van der Waals surface area contributed by atoms with Gasteiger partial charge in [0, 0.05) is 17.5 Å². The molecule has 1 aromatic carbocycles. The van der Waals surface area contributed by atoms with E-state index in [4.69, 9.17) is 11.6 Å². The highest BCUT2D eigenvalue weighted by Gasteiger charge is 1.86. The summed E-state index contributed by atoms with van der Waals surface area (Å²) in [5, 5.41) is 1.20. The summed E-state index contributed by atoms with van der Waals surface area (Å²) in [5.41, 5.74) is 1.06. The second kappa shape index (κ2) is 8.12. The first-order chi connectivity index (χ1) is 7.88. The maximum absolute atomic E-state index is 5.38. The molecule has 0 aliphatic heterocycles. The number of rotatable bonds is 3. The maximum Gasteiger partial charge on any atom is 0.0701 e. The Hall–Kier alpha value is -1.08. The SMILES string of the molecule is CCCCCCl.c1ccc2ncccc2c1. The van der Waals surface area contributed by atoms with E-state index in [1.165, 1.54) is 24.6 Å². The quantitative estimate of drug-likeness (QED) is 0.558. The molecule has 0 saturated heterocycles. The molecule has 16 heavy (non-hydrogen) atoms. The number of alkyl halides is 1. The van der Waals surface area contributed by atoms with Crippen molar-refractivity contribution in [1.82, 2.24) is 4.98 Å². The van der Waals surface area contributed by atoms with Gasteiger partial charge in [0.25, 0.3) is 0 Å².